The predicted octanol–water partition coefficient (Wildman–Crippen LogP) is 1.93. The van der Waals surface area contributed by atoms with Crippen molar-refractivity contribution in [3.8, 4) is 11.5 Å². The quantitative estimate of drug-likeness (QED) is 0.700. The molecule has 0 spiro atoms. The van der Waals surface area contributed by atoms with Crippen molar-refractivity contribution >= 4 is 0 Å². The molecule has 0 aliphatic carbocycles. The summed E-state index contributed by atoms with van der Waals surface area (Å²) in [4.78, 5) is 1.37. The van der Waals surface area contributed by atoms with Gasteiger partial charge in [0.25, 0.3) is 0 Å². The van der Waals surface area contributed by atoms with Crippen molar-refractivity contribution in [3.63, 3.8) is 0 Å². The van der Waals surface area contributed by atoms with Crippen LogP contribution >= 0.6 is 0 Å². The van der Waals surface area contributed by atoms with Crippen LogP contribution in [0, 0.1) is 0 Å². The number of hydrogen-bond acceptors (Lipinski definition) is 3. The fourth-order valence-corrected chi connectivity index (χ4v) is 2.50. The minimum Gasteiger partial charge on any atom is -0.491 e. The third-order valence-electron chi connectivity index (χ3n) is 4.04. The fraction of sp³-hybridized carbons (Fsp3) is 0.400. The van der Waals surface area contributed by atoms with Crippen LogP contribution in [0.2, 0.25) is 0 Å². The van der Waals surface area contributed by atoms with E-state index in [1.54, 1.807) is 0 Å². The smallest absolute Gasteiger partial charge is 0.137 e. The van der Waals surface area contributed by atoms with Gasteiger partial charge in [-0.2, -0.15) is 0 Å². The Morgan fingerprint density at radius 3 is 2.04 bits per heavy atom. The highest BCUT2D eigenvalue weighted by atomic mass is 16.5. The van der Waals surface area contributed by atoms with E-state index >= 15 is 0 Å². The summed E-state index contributed by atoms with van der Waals surface area (Å²) in [6.45, 7) is 7.86. The number of aliphatic hydroxyl groups excluding tert-OH is 1. The zero-order valence-electron chi connectivity index (χ0n) is 14.6. The largest absolute Gasteiger partial charge is 0.491 e. The number of rotatable bonds is 10. The highest BCUT2D eigenvalue weighted by Gasteiger charge is 2.12. The molecule has 4 nitrogen and oxygen atoms in total. The number of quaternary nitrogens is 1. The third kappa shape index (κ3) is 6.22. The molecule has 0 heterocycles. The number of likely N-dealkylation sites (N-methyl/N-ethyl adjacent to an activating group) is 1. The number of nitrogens with one attached hydrogen (secondary N) is 1. The topological polar surface area (TPSA) is 43.1 Å². The molecule has 4 heteroatoms. The molecule has 0 saturated heterocycles. The van der Waals surface area contributed by atoms with E-state index in [9.17, 15) is 5.11 Å². The normalized spacial score (nSPS) is 12.2. The predicted molar refractivity (Wildman–Crippen MR) is 95.6 cm³/mol. The lowest BCUT2D eigenvalue weighted by Gasteiger charge is -2.19. The SMILES string of the molecule is CC[NH+](CC)C[C@@H](O)COc1ccc(OCc2ccccc2)cc1. The Hall–Kier alpha value is -2.04. The molecule has 0 saturated carbocycles. The number of aliphatic hydroxyl groups is 1. The third-order valence-corrected chi connectivity index (χ3v) is 4.04. The van der Waals surface area contributed by atoms with Crippen molar-refractivity contribution in [1.82, 2.24) is 0 Å². The van der Waals surface area contributed by atoms with E-state index in [-0.39, 0.29) is 0 Å². The first-order valence-electron chi connectivity index (χ1n) is 8.62. The molecule has 0 aromatic heterocycles. The summed E-state index contributed by atoms with van der Waals surface area (Å²) in [5.41, 5.74) is 1.14. The molecule has 2 aromatic rings. The molecule has 0 bridgehead atoms. The van der Waals surface area contributed by atoms with Gasteiger partial charge in [-0.25, -0.2) is 0 Å². The van der Waals surface area contributed by atoms with Crippen LogP contribution in [0.15, 0.2) is 54.6 Å². The van der Waals surface area contributed by atoms with Gasteiger partial charge in [0, 0.05) is 0 Å². The van der Waals surface area contributed by atoms with E-state index in [1.807, 2.05) is 54.6 Å². The van der Waals surface area contributed by atoms with Gasteiger partial charge >= 0.3 is 0 Å². The summed E-state index contributed by atoms with van der Waals surface area (Å²) in [6, 6.07) is 17.6. The van der Waals surface area contributed by atoms with Crippen LogP contribution in [0.1, 0.15) is 19.4 Å². The van der Waals surface area contributed by atoms with Gasteiger partial charge in [0.1, 0.15) is 37.4 Å². The standard InChI is InChI=1S/C20H27NO3/c1-3-21(4-2)14-18(22)16-24-20-12-10-19(11-13-20)23-15-17-8-6-5-7-9-17/h5-13,18,22H,3-4,14-16H2,1-2H3/p+1/t18-/m1/s1. The second-order valence-electron chi connectivity index (χ2n) is 5.87. The van der Waals surface area contributed by atoms with Gasteiger partial charge < -0.3 is 19.5 Å². The number of benzene rings is 2. The van der Waals surface area contributed by atoms with Crippen LogP contribution in [0.5, 0.6) is 11.5 Å². The molecule has 24 heavy (non-hydrogen) atoms. The first-order valence-corrected chi connectivity index (χ1v) is 8.62. The summed E-state index contributed by atoms with van der Waals surface area (Å²) in [5.74, 6) is 1.55. The highest BCUT2D eigenvalue weighted by molar-refractivity contribution is 5.31. The lowest BCUT2D eigenvalue weighted by atomic mass is 10.2. The van der Waals surface area contributed by atoms with Gasteiger partial charge in [0.05, 0.1) is 13.1 Å². The Labute approximate surface area is 144 Å². The Morgan fingerprint density at radius 2 is 1.46 bits per heavy atom. The molecule has 0 aliphatic heterocycles. The first-order chi connectivity index (χ1) is 11.7. The summed E-state index contributed by atoms with van der Waals surface area (Å²) in [5, 5.41) is 10.0. The van der Waals surface area contributed by atoms with Crippen molar-refractivity contribution < 1.29 is 19.5 Å². The summed E-state index contributed by atoms with van der Waals surface area (Å²) >= 11 is 0. The van der Waals surface area contributed by atoms with Crippen molar-refractivity contribution in [2.45, 2.75) is 26.6 Å². The van der Waals surface area contributed by atoms with Gasteiger partial charge in [-0.15, -0.1) is 0 Å². The van der Waals surface area contributed by atoms with E-state index in [2.05, 4.69) is 13.8 Å². The van der Waals surface area contributed by atoms with Crippen LogP contribution in [-0.4, -0.2) is 37.5 Å². The van der Waals surface area contributed by atoms with Crippen LogP contribution in [-0.2, 0) is 6.61 Å². The molecule has 130 valence electrons. The van der Waals surface area contributed by atoms with Gasteiger partial charge in [0.15, 0.2) is 0 Å². The summed E-state index contributed by atoms with van der Waals surface area (Å²) in [6.07, 6.45) is -0.450. The molecule has 2 rings (SSSR count). The summed E-state index contributed by atoms with van der Waals surface area (Å²) < 4.78 is 11.4. The van der Waals surface area contributed by atoms with Crippen LogP contribution in [0.3, 0.4) is 0 Å². The fourth-order valence-electron chi connectivity index (χ4n) is 2.50. The maximum Gasteiger partial charge on any atom is 0.137 e. The Bertz CT molecular complexity index is 567. The first kappa shape index (κ1) is 18.3. The van der Waals surface area contributed by atoms with Crippen LogP contribution in [0.25, 0.3) is 0 Å². The van der Waals surface area contributed by atoms with Gasteiger partial charge in [-0.05, 0) is 43.7 Å². The zero-order valence-corrected chi connectivity index (χ0v) is 14.6. The number of hydrogen-bond donors (Lipinski definition) is 2. The molecule has 0 fully saturated rings. The molecule has 0 radical (unpaired) electrons. The van der Waals surface area contributed by atoms with Crippen LogP contribution in [0.4, 0.5) is 0 Å². The van der Waals surface area contributed by atoms with Crippen molar-refractivity contribution in [3.05, 3.63) is 60.2 Å². The maximum atomic E-state index is 10.0. The minimum atomic E-state index is -0.450. The average molecular weight is 330 g/mol. The van der Waals surface area contributed by atoms with Crippen molar-refractivity contribution in [1.29, 1.82) is 0 Å². The molecule has 2 aromatic carbocycles. The second-order valence-corrected chi connectivity index (χ2v) is 5.87. The Kier molecular flexibility index (Phi) is 7.59. The Balaban J connectivity index is 1.75. The maximum absolute atomic E-state index is 10.0. The van der Waals surface area contributed by atoms with Crippen molar-refractivity contribution in [2.24, 2.45) is 0 Å². The van der Waals surface area contributed by atoms with Crippen LogP contribution < -0.4 is 14.4 Å². The molecular weight excluding hydrogens is 302 g/mol. The van der Waals surface area contributed by atoms with E-state index in [0.29, 0.717) is 19.8 Å². The molecule has 1 atom stereocenters. The lowest BCUT2D eigenvalue weighted by Crippen LogP contribution is -3.12. The van der Waals surface area contributed by atoms with Gasteiger partial charge in [0.2, 0.25) is 0 Å². The minimum absolute atomic E-state index is 0.313. The average Bonchev–Trinajstić information content (AvgIpc) is 2.64. The molecule has 0 unspecified atom stereocenters. The van der Waals surface area contributed by atoms with E-state index in [0.717, 1.165) is 30.2 Å². The zero-order chi connectivity index (χ0) is 17.2. The molecule has 0 aliphatic rings. The van der Waals surface area contributed by atoms with E-state index < -0.39 is 6.10 Å². The van der Waals surface area contributed by atoms with E-state index in [1.165, 1.54) is 4.90 Å². The lowest BCUT2D eigenvalue weighted by molar-refractivity contribution is -0.899. The molecule has 0 amide bonds. The molecular formula is C20H28NO3+. The number of ether oxygens (including phenoxy) is 2. The van der Waals surface area contributed by atoms with Gasteiger partial charge in [-0.1, -0.05) is 30.3 Å². The van der Waals surface area contributed by atoms with Gasteiger partial charge in [-0.3, -0.25) is 0 Å². The second kappa shape index (κ2) is 9.96. The molecule has 2 N–H and O–H groups in total. The van der Waals surface area contributed by atoms with E-state index in [4.69, 9.17) is 9.47 Å². The monoisotopic (exact) mass is 330 g/mol. The van der Waals surface area contributed by atoms with Crippen molar-refractivity contribution in [2.75, 3.05) is 26.2 Å². The summed E-state index contributed by atoms with van der Waals surface area (Å²) in [7, 11) is 0. The highest BCUT2D eigenvalue weighted by Crippen LogP contribution is 2.18. The Morgan fingerprint density at radius 1 is 0.875 bits per heavy atom.